The summed E-state index contributed by atoms with van der Waals surface area (Å²) >= 11 is 0. The molecule has 1 unspecified atom stereocenters. The van der Waals surface area contributed by atoms with E-state index in [1.165, 1.54) is 64.5 Å². The van der Waals surface area contributed by atoms with Crippen LogP contribution in [0.15, 0.2) is 0 Å². The quantitative estimate of drug-likeness (QED) is 0.598. The zero-order chi connectivity index (χ0) is 13.0. The van der Waals surface area contributed by atoms with Crippen molar-refractivity contribution in [2.75, 3.05) is 13.1 Å². The van der Waals surface area contributed by atoms with Crippen LogP contribution in [-0.4, -0.2) is 29.6 Å². The van der Waals surface area contributed by atoms with E-state index in [1.54, 1.807) is 0 Å². The normalized spacial score (nSPS) is 26.2. The first-order chi connectivity index (χ1) is 8.66. The number of nitrogens with zero attached hydrogens (tertiary/aromatic N) is 1. The summed E-state index contributed by atoms with van der Waals surface area (Å²) in [6.07, 6.45) is 11.0. The van der Waals surface area contributed by atoms with Gasteiger partial charge in [0.2, 0.25) is 0 Å². The summed E-state index contributed by atoms with van der Waals surface area (Å²) in [5.74, 6) is 6.68. The molecule has 2 rings (SSSR count). The van der Waals surface area contributed by atoms with Gasteiger partial charge in [-0.2, -0.15) is 0 Å². The molecular weight excluding hydrogens is 222 g/mol. The first-order valence-corrected chi connectivity index (χ1v) is 7.87. The van der Waals surface area contributed by atoms with E-state index in [0.29, 0.717) is 6.04 Å². The maximum atomic E-state index is 5.92. The van der Waals surface area contributed by atoms with Crippen LogP contribution in [0.5, 0.6) is 0 Å². The molecule has 1 aliphatic heterocycles. The van der Waals surface area contributed by atoms with Crippen molar-refractivity contribution in [1.29, 1.82) is 0 Å². The number of hydrogen-bond acceptors (Lipinski definition) is 3. The van der Waals surface area contributed by atoms with Crippen LogP contribution in [-0.2, 0) is 0 Å². The second kappa shape index (κ2) is 6.36. The van der Waals surface area contributed by atoms with Crippen molar-refractivity contribution in [3.8, 4) is 0 Å². The van der Waals surface area contributed by atoms with Crippen LogP contribution in [0.25, 0.3) is 0 Å². The van der Waals surface area contributed by atoms with Crippen molar-refractivity contribution in [2.45, 2.75) is 76.8 Å². The Morgan fingerprint density at radius 3 is 2.11 bits per heavy atom. The molecule has 0 amide bonds. The monoisotopic (exact) mass is 253 g/mol. The lowest BCUT2D eigenvalue weighted by Crippen LogP contribution is -2.63. The lowest BCUT2D eigenvalue weighted by atomic mass is 9.75. The molecule has 0 aromatic carbocycles. The molecule has 3 nitrogen and oxygen atoms in total. The smallest absolute Gasteiger partial charge is 0.0417 e. The van der Waals surface area contributed by atoms with Crippen molar-refractivity contribution >= 4 is 0 Å². The summed E-state index contributed by atoms with van der Waals surface area (Å²) in [5.41, 5.74) is 3.36. The molecule has 3 N–H and O–H groups in total. The van der Waals surface area contributed by atoms with Gasteiger partial charge in [0.1, 0.15) is 0 Å². The predicted octanol–water partition coefficient (Wildman–Crippen LogP) is 2.66. The molecule has 0 spiro atoms. The number of rotatable bonds is 4. The SMILES string of the molecule is CC(C)(C(NN)C1CCCCC1)N1CCCCC1. The number of piperidine rings is 1. The van der Waals surface area contributed by atoms with Crippen LogP contribution in [0.2, 0.25) is 0 Å². The number of nitrogens with one attached hydrogen (secondary N) is 1. The summed E-state index contributed by atoms with van der Waals surface area (Å²) in [5, 5.41) is 0. The van der Waals surface area contributed by atoms with Crippen molar-refractivity contribution < 1.29 is 0 Å². The third-order valence-corrected chi connectivity index (χ3v) is 5.23. The zero-order valence-electron chi connectivity index (χ0n) is 12.3. The molecule has 106 valence electrons. The average Bonchev–Trinajstić information content (AvgIpc) is 2.41. The van der Waals surface area contributed by atoms with Crippen LogP contribution >= 0.6 is 0 Å². The Morgan fingerprint density at radius 2 is 1.56 bits per heavy atom. The van der Waals surface area contributed by atoms with Crippen molar-refractivity contribution in [3.63, 3.8) is 0 Å². The lowest BCUT2D eigenvalue weighted by Gasteiger charge is -2.49. The van der Waals surface area contributed by atoms with Crippen LogP contribution in [0.1, 0.15) is 65.2 Å². The van der Waals surface area contributed by atoms with E-state index in [4.69, 9.17) is 5.84 Å². The van der Waals surface area contributed by atoms with E-state index >= 15 is 0 Å². The molecular formula is C15H31N3. The third-order valence-electron chi connectivity index (χ3n) is 5.23. The summed E-state index contributed by atoms with van der Waals surface area (Å²) in [6.45, 7) is 7.27. The standard InChI is InChI=1S/C15H31N3/c1-15(2,18-11-7-4-8-12-18)14(17-16)13-9-5-3-6-10-13/h13-14,17H,3-12,16H2,1-2H3. The number of likely N-dealkylation sites (tertiary alicyclic amines) is 1. The Hall–Kier alpha value is -0.120. The predicted molar refractivity (Wildman–Crippen MR) is 77.2 cm³/mol. The molecule has 3 heteroatoms. The summed E-state index contributed by atoms with van der Waals surface area (Å²) in [4.78, 5) is 2.66. The number of hydrazine groups is 1. The van der Waals surface area contributed by atoms with E-state index in [-0.39, 0.29) is 5.54 Å². The topological polar surface area (TPSA) is 41.3 Å². The van der Waals surface area contributed by atoms with E-state index < -0.39 is 0 Å². The third kappa shape index (κ3) is 3.06. The van der Waals surface area contributed by atoms with E-state index in [2.05, 4.69) is 24.2 Å². The Kier molecular flexibility index (Phi) is 5.05. The minimum absolute atomic E-state index is 0.192. The second-order valence-corrected chi connectivity index (χ2v) is 6.74. The van der Waals surface area contributed by atoms with Gasteiger partial charge in [0.15, 0.2) is 0 Å². The molecule has 2 aliphatic rings. The highest BCUT2D eigenvalue weighted by molar-refractivity contribution is 4.97. The Balaban J connectivity index is 2.03. The highest BCUT2D eigenvalue weighted by Gasteiger charge is 2.39. The van der Waals surface area contributed by atoms with Gasteiger partial charge in [-0.05, 0) is 58.5 Å². The van der Waals surface area contributed by atoms with Crippen LogP contribution in [0.3, 0.4) is 0 Å². The highest BCUT2D eigenvalue weighted by Crippen LogP contribution is 2.34. The molecule has 1 atom stereocenters. The van der Waals surface area contributed by atoms with Gasteiger partial charge >= 0.3 is 0 Å². The molecule has 0 aromatic rings. The van der Waals surface area contributed by atoms with Gasteiger partial charge in [-0.3, -0.25) is 16.2 Å². The van der Waals surface area contributed by atoms with Gasteiger partial charge in [-0.1, -0.05) is 25.7 Å². The Morgan fingerprint density at radius 1 is 1.00 bits per heavy atom. The van der Waals surface area contributed by atoms with E-state index in [0.717, 1.165) is 5.92 Å². The molecule has 1 saturated carbocycles. The molecule has 0 aromatic heterocycles. The fourth-order valence-corrected chi connectivity index (χ4v) is 4.05. The minimum Gasteiger partial charge on any atom is -0.297 e. The fraction of sp³-hybridized carbons (Fsp3) is 1.00. The minimum atomic E-state index is 0.192. The second-order valence-electron chi connectivity index (χ2n) is 6.74. The Bertz CT molecular complexity index is 240. The van der Waals surface area contributed by atoms with Gasteiger partial charge in [0.05, 0.1) is 0 Å². The molecule has 2 fully saturated rings. The molecule has 18 heavy (non-hydrogen) atoms. The fourth-order valence-electron chi connectivity index (χ4n) is 4.05. The average molecular weight is 253 g/mol. The summed E-state index contributed by atoms with van der Waals surface area (Å²) in [6, 6.07) is 0.441. The largest absolute Gasteiger partial charge is 0.297 e. The molecule has 1 heterocycles. The molecule has 1 saturated heterocycles. The Labute approximate surface area is 112 Å². The van der Waals surface area contributed by atoms with Crippen molar-refractivity contribution in [3.05, 3.63) is 0 Å². The van der Waals surface area contributed by atoms with Gasteiger partial charge in [-0.15, -0.1) is 0 Å². The van der Waals surface area contributed by atoms with Crippen LogP contribution in [0.4, 0.5) is 0 Å². The molecule has 1 aliphatic carbocycles. The number of nitrogens with two attached hydrogens (primary N) is 1. The van der Waals surface area contributed by atoms with Crippen molar-refractivity contribution in [1.82, 2.24) is 10.3 Å². The van der Waals surface area contributed by atoms with E-state index in [9.17, 15) is 0 Å². The summed E-state index contributed by atoms with van der Waals surface area (Å²) < 4.78 is 0. The van der Waals surface area contributed by atoms with Crippen molar-refractivity contribution in [2.24, 2.45) is 11.8 Å². The zero-order valence-corrected chi connectivity index (χ0v) is 12.3. The maximum absolute atomic E-state index is 5.92. The highest BCUT2D eigenvalue weighted by atomic mass is 15.3. The van der Waals surface area contributed by atoms with Gasteiger partial charge in [0, 0.05) is 11.6 Å². The first-order valence-electron chi connectivity index (χ1n) is 7.87. The van der Waals surface area contributed by atoms with Gasteiger partial charge < -0.3 is 0 Å². The first kappa shape index (κ1) is 14.3. The van der Waals surface area contributed by atoms with Gasteiger partial charge in [0.25, 0.3) is 0 Å². The van der Waals surface area contributed by atoms with Crippen LogP contribution in [0, 0.1) is 5.92 Å². The van der Waals surface area contributed by atoms with E-state index in [1.807, 2.05) is 0 Å². The van der Waals surface area contributed by atoms with Gasteiger partial charge in [-0.25, -0.2) is 0 Å². The molecule has 0 bridgehead atoms. The van der Waals surface area contributed by atoms with Crippen LogP contribution < -0.4 is 11.3 Å². The number of hydrogen-bond donors (Lipinski definition) is 2. The lowest BCUT2D eigenvalue weighted by molar-refractivity contribution is 0.0323. The maximum Gasteiger partial charge on any atom is 0.0417 e. The molecule has 0 radical (unpaired) electrons. The summed E-state index contributed by atoms with van der Waals surface area (Å²) in [7, 11) is 0.